The van der Waals surface area contributed by atoms with Crippen LogP contribution in [0.4, 0.5) is 14.5 Å². The fourth-order valence-electron chi connectivity index (χ4n) is 2.80. The summed E-state index contributed by atoms with van der Waals surface area (Å²) >= 11 is 0. The molecule has 0 saturated carbocycles. The molecule has 1 heterocycles. The number of hydrogen-bond acceptors (Lipinski definition) is 4. The number of carbonyl (C=O) groups is 2. The van der Waals surface area contributed by atoms with Gasteiger partial charge in [0.25, 0.3) is 5.91 Å². The molecule has 0 radical (unpaired) electrons. The SMILES string of the molecule is CCN(C(=O)COC(=O)c1oc2c(F)cccc2c1C)c1ccc(F)cc1. The van der Waals surface area contributed by atoms with Gasteiger partial charge in [-0.05, 0) is 44.2 Å². The molecular weight excluding hydrogens is 356 g/mol. The Morgan fingerprint density at radius 3 is 2.44 bits per heavy atom. The molecule has 0 fully saturated rings. The number of ether oxygens (including phenoxy) is 1. The molecule has 5 nitrogen and oxygen atoms in total. The molecule has 1 aromatic heterocycles. The van der Waals surface area contributed by atoms with Gasteiger partial charge in [-0.25, -0.2) is 13.6 Å². The summed E-state index contributed by atoms with van der Waals surface area (Å²) in [6, 6.07) is 9.78. The monoisotopic (exact) mass is 373 g/mol. The van der Waals surface area contributed by atoms with Gasteiger partial charge in [0.2, 0.25) is 5.76 Å². The molecule has 0 unspecified atom stereocenters. The minimum atomic E-state index is -0.855. The molecule has 2 aromatic carbocycles. The molecule has 0 atom stereocenters. The zero-order valence-corrected chi connectivity index (χ0v) is 14.8. The Kier molecular flexibility index (Phi) is 5.21. The maximum Gasteiger partial charge on any atom is 0.375 e. The highest BCUT2D eigenvalue weighted by molar-refractivity contribution is 5.99. The molecule has 7 heteroatoms. The van der Waals surface area contributed by atoms with Crippen LogP contribution in [0.1, 0.15) is 23.0 Å². The van der Waals surface area contributed by atoms with Crippen LogP contribution in [0.15, 0.2) is 46.9 Å². The van der Waals surface area contributed by atoms with E-state index in [0.29, 0.717) is 23.2 Å². The van der Waals surface area contributed by atoms with E-state index in [9.17, 15) is 18.4 Å². The Bertz CT molecular complexity index is 995. The molecule has 0 N–H and O–H groups in total. The number of halogens is 2. The van der Waals surface area contributed by atoms with E-state index >= 15 is 0 Å². The molecule has 0 bridgehead atoms. The lowest BCUT2D eigenvalue weighted by atomic mass is 10.1. The van der Waals surface area contributed by atoms with E-state index in [1.165, 1.54) is 41.3 Å². The number of hydrogen-bond donors (Lipinski definition) is 0. The summed E-state index contributed by atoms with van der Waals surface area (Å²) in [6.07, 6.45) is 0. The van der Waals surface area contributed by atoms with Crippen molar-refractivity contribution in [3.8, 4) is 0 Å². The van der Waals surface area contributed by atoms with Gasteiger partial charge in [0.15, 0.2) is 18.0 Å². The molecule has 0 spiro atoms. The lowest BCUT2D eigenvalue weighted by Crippen LogP contribution is -2.34. The number of para-hydroxylation sites is 1. The summed E-state index contributed by atoms with van der Waals surface area (Å²) in [6.45, 7) is 3.15. The summed E-state index contributed by atoms with van der Waals surface area (Å²) in [5.74, 6) is -2.47. The van der Waals surface area contributed by atoms with Gasteiger partial charge in [0.05, 0.1) is 0 Å². The van der Waals surface area contributed by atoms with Crippen LogP contribution in [0.5, 0.6) is 0 Å². The molecule has 0 aliphatic carbocycles. The Morgan fingerprint density at radius 2 is 1.81 bits per heavy atom. The quantitative estimate of drug-likeness (QED) is 0.628. The first-order chi connectivity index (χ1) is 12.9. The number of nitrogens with zero attached hydrogens (tertiary/aromatic N) is 1. The number of aryl methyl sites for hydroxylation is 1. The van der Waals surface area contributed by atoms with Crippen molar-refractivity contribution in [2.45, 2.75) is 13.8 Å². The lowest BCUT2D eigenvalue weighted by Gasteiger charge is -2.20. The van der Waals surface area contributed by atoms with E-state index < -0.39 is 30.1 Å². The van der Waals surface area contributed by atoms with E-state index in [4.69, 9.17) is 9.15 Å². The molecule has 0 saturated heterocycles. The normalized spacial score (nSPS) is 10.8. The predicted molar refractivity (Wildman–Crippen MR) is 95.6 cm³/mol. The van der Waals surface area contributed by atoms with Crippen LogP contribution in [0.2, 0.25) is 0 Å². The second kappa shape index (κ2) is 7.57. The van der Waals surface area contributed by atoms with Gasteiger partial charge >= 0.3 is 5.97 Å². The average molecular weight is 373 g/mol. The van der Waals surface area contributed by atoms with Crippen LogP contribution in [0, 0.1) is 18.6 Å². The Labute approximate surface area is 154 Å². The zero-order chi connectivity index (χ0) is 19.6. The minimum absolute atomic E-state index is 0.0326. The van der Waals surface area contributed by atoms with Crippen molar-refractivity contribution < 1.29 is 27.5 Å². The van der Waals surface area contributed by atoms with Gasteiger partial charge in [-0.2, -0.15) is 0 Å². The van der Waals surface area contributed by atoms with Crippen molar-refractivity contribution >= 4 is 28.5 Å². The summed E-state index contributed by atoms with van der Waals surface area (Å²) in [5, 5.41) is 0.467. The summed E-state index contributed by atoms with van der Waals surface area (Å²) < 4.78 is 37.2. The first-order valence-electron chi connectivity index (χ1n) is 8.33. The van der Waals surface area contributed by atoms with Crippen molar-refractivity contribution in [3.05, 3.63) is 65.4 Å². The van der Waals surface area contributed by atoms with Gasteiger partial charge in [0.1, 0.15) is 5.82 Å². The second-order valence-corrected chi connectivity index (χ2v) is 5.86. The number of benzene rings is 2. The third-order valence-corrected chi connectivity index (χ3v) is 4.18. The summed E-state index contributed by atoms with van der Waals surface area (Å²) in [7, 11) is 0. The van der Waals surface area contributed by atoms with Gasteiger partial charge < -0.3 is 14.1 Å². The highest BCUT2D eigenvalue weighted by atomic mass is 19.1. The number of furan rings is 1. The molecule has 3 rings (SSSR count). The molecule has 140 valence electrons. The number of amides is 1. The van der Waals surface area contributed by atoms with E-state index in [1.54, 1.807) is 19.9 Å². The smallest absolute Gasteiger partial charge is 0.375 e. The summed E-state index contributed by atoms with van der Waals surface area (Å²) in [4.78, 5) is 26.0. The minimum Gasteiger partial charge on any atom is -0.450 e. The fourth-order valence-corrected chi connectivity index (χ4v) is 2.80. The van der Waals surface area contributed by atoms with Crippen LogP contribution in [-0.2, 0) is 9.53 Å². The number of likely N-dealkylation sites (N-methyl/N-ethyl adjacent to an activating group) is 1. The standard InChI is InChI=1S/C20H17F2NO4/c1-3-23(14-9-7-13(21)8-10-14)17(24)11-26-20(25)18-12(2)15-5-4-6-16(22)19(15)27-18/h4-10H,3,11H2,1-2H3. The molecule has 3 aromatic rings. The predicted octanol–water partition coefficient (Wildman–Crippen LogP) is 4.23. The fraction of sp³-hybridized carbons (Fsp3) is 0.200. The van der Waals surface area contributed by atoms with Crippen molar-refractivity contribution in [1.29, 1.82) is 0 Å². The first kappa shape index (κ1) is 18.6. The molecule has 0 aliphatic heterocycles. The van der Waals surface area contributed by atoms with Crippen molar-refractivity contribution in [3.63, 3.8) is 0 Å². The van der Waals surface area contributed by atoms with Gasteiger partial charge in [-0.1, -0.05) is 12.1 Å². The highest BCUT2D eigenvalue weighted by Crippen LogP contribution is 2.27. The zero-order valence-electron chi connectivity index (χ0n) is 14.8. The number of rotatable bonds is 5. The summed E-state index contributed by atoms with van der Waals surface area (Å²) in [5.41, 5.74) is 0.893. The maximum absolute atomic E-state index is 13.8. The highest BCUT2D eigenvalue weighted by Gasteiger charge is 2.23. The molecule has 1 amide bonds. The van der Waals surface area contributed by atoms with Gasteiger partial charge in [-0.3, -0.25) is 4.79 Å². The lowest BCUT2D eigenvalue weighted by molar-refractivity contribution is -0.121. The number of carbonyl (C=O) groups excluding carboxylic acids is 2. The average Bonchev–Trinajstić information content (AvgIpc) is 3.00. The van der Waals surface area contributed by atoms with E-state index in [2.05, 4.69) is 0 Å². The molecular formula is C20H17F2NO4. The van der Waals surface area contributed by atoms with Crippen LogP contribution >= 0.6 is 0 Å². The van der Waals surface area contributed by atoms with E-state index in [1.807, 2.05) is 0 Å². The van der Waals surface area contributed by atoms with Crippen LogP contribution < -0.4 is 4.90 Å². The number of fused-ring (bicyclic) bond motifs is 1. The van der Waals surface area contributed by atoms with Gasteiger partial charge in [0, 0.05) is 23.2 Å². The first-order valence-corrected chi connectivity index (χ1v) is 8.33. The number of esters is 1. The topological polar surface area (TPSA) is 59.8 Å². The Balaban J connectivity index is 1.73. The molecule has 0 aliphatic rings. The van der Waals surface area contributed by atoms with Crippen molar-refractivity contribution in [1.82, 2.24) is 0 Å². The van der Waals surface area contributed by atoms with Gasteiger partial charge in [-0.15, -0.1) is 0 Å². The van der Waals surface area contributed by atoms with E-state index in [0.717, 1.165) is 0 Å². The third-order valence-electron chi connectivity index (χ3n) is 4.18. The largest absolute Gasteiger partial charge is 0.450 e. The number of anilines is 1. The van der Waals surface area contributed by atoms with Crippen molar-refractivity contribution in [2.75, 3.05) is 18.1 Å². The van der Waals surface area contributed by atoms with E-state index in [-0.39, 0.29) is 11.3 Å². The van der Waals surface area contributed by atoms with Crippen LogP contribution in [0.3, 0.4) is 0 Å². The molecule has 27 heavy (non-hydrogen) atoms. The second-order valence-electron chi connectivity index (χ2n) is 5.86. The van der Waals surface area contributed by atoms with Crippen molar-refractivity contribution in [2.24, 2.45) is 0 Å². The van der Waals surface area contributed by atoms with Crippen LogP contribution in [0.25, 0.3) is 11.0 Å². The maximum atomic E-state index is 13.8. The Morgan fingerprint density at radius 1 is 1.11 bits per heavy atom. The third kappa shape index (κ3) is 3.67. The van der Waals surface area contributed by atoms with Crippen LogP contribution in [-0.4, -0.2) is 25.0 Å². The Hall–Kier alpha value is -3.22.